The predicted octanol–water partition coefficient (Wildman–Crippen LogP) is 5.14. The summed E-state index contributed by atoms with van der Waals surface area (Å²) in [6, 6.07) is 14.1. The van der Waals surface area contributed by atoms with Crippen LogP contribution in [0.25, 0.3) is 6.08 Å². The molecule has 2 aromatic carbocycles. The van der Waals surface area contributed by atoms with Gasteiger partial charge in [-0.3, -0.25) is 4.79 Å². The lowest BCUT2D eigenvalue weighted by molar-refractivity contribution is -0.112. The quantitative estimate of drug-likeness (QED) is 0.406. The number of benzene rings is 2. The monoisotopic (exact) mass is 442 g/mol. The maximum Gasteiger partial charge on any atom is 0.266 e. The van der Waals surface area contributed by atoms with Gasteiger partial charge < -0.3 is 5.32 Å². The van der Waals surface area contributed by atoms with E-state index in [1.54, 1.807) is 24.3 Å². The van der Waals surface area contributed by atoms with Gasteiger partial charge in [0.05, 0.1) is 5.69 Å². The van der Waals surface area contributed by atoms with E-state index in [2.05, 4.69) is 27.9 Å². The van der Waals surface area contributed by atoms with Crippen molar-refractivity contribution < 1.29 is 4.79 Å². The molecule has 1 N–H and O–H groups in total. The molecule has 0 aliphatic heterocycles. The summed E-state index contributed by atoms with van der Waals surface area (Å²) in [6.07, 6.45) is 1.43. The molecule has 0 fully saturated rings. The molecular formula is C16H9Cl2IN2O. The normalized spacial score (nSPS) is 10.9. The molecule has 2 aromatic rings. The average Bonchev–Trinajstić information content (AvgIpc) is 2.49. The summed E-state index contributed by atoms with van der Waals surface area (Å²) >= 11 is 14.0. The molecule has 110 valence electrons. The number of halogens is 3. The molecule has 0 heterocycles. The number of amides is 1. The Morgan fingerprint density at radius 1 is 1.23 bits per heavy atom. The van der Waals surface area contributed by atoms with Crippen molar-refractivity contribution in [2.45, 2.75) is 0 Å². The molecule has 0 saturated carbocycles. The fraction of sp³-hybridized carbons (Fsp3) is 0. The first kappa shape index (κ1) is 16.8. The second-order valence-electron chi connectivity index (χ2n) is 4.27. The number of carbonyl (C=O) groups excluding carboxylic acids is 1. The third kappa shape index (κ3) is 4.23. The van der Waals surface area contributed by atoms with Crippen LogP contribution in [0.1, 0.15) is 5.56 Å². The van der Waals surface area contributed by atoms with Crippen LogP contribution in [0.4, 0.5) is 5.69 Å². The zero-order valence-electron chi connectivity index (χ0n) is 11.1. The van der Waals surface area contributed by atoms with Crippen LogP contribution in [-0.4, -0.2) is 5.91 Å². The Labute approximate surface area is 151 Å². The van der Waals surface area contributed by atoms with Crippen LogP contribution in [0, 0.1) is 14.9 Å². The summed E-state index contributed by atoms with van der Waals surface area (Å²) in [6.45, 7) is 0. The number of anilines is 1. The second-order valence-corrected chi connectivity index (χ2v) is 6.28. The van der Waals surface area contributed by atoms with Gasteiger partial charge in [0.2, 0.25) is 0 Å². The molecule has 2 rings (SSSR count). The van der Waals surface area contributed by atoms with Crippen LogP contribution in [0.5, 0.6) is 0 Å². The van der Waals surface area contributed by atoms with Gasteiger partial charge in [-0.2, -0.15) is 5.26 Å². The van der Waals surface area contributed by atoms with Crippen LogP contribution >= 0.6 is 45.8 Å². The highest BCUT2D eigenvalue weighted by Gasteiger charge is 2.12. The van der Waals surface area contributed by atoms with Crippen molar-refractivity contribution in [2.75, 3.05) is 5.32 Å². The third-order valence-corrected chi connectivity index (χ3v) is 4.25. The van der Waals surface area contributed by atoms with Gasteiger partial charge in [0.25, 0.3) is 5.91 Å². The van der Waals surface area contributed by atoms with E-state index in [1.807, 2.05) is 24.3 Å². The molecule has 0 aromatic heterocycles. The minimum Gasteiger partial charge on any atom is -0.320 e. The van der Waals surface area contributed by atoms with Gasteiger partial charge in [-0.15, -0.1) is 0 Å². The van der Waals surface area contributed by atoms with Crippen molar-refractivity contribution in [1.29, 1.82) is 5.26 Å². The minimum absolute atomic E-state index is 0.0381. The summed E-state index contributed by atoms with van der Waals surface area (Å²) in [5.41, 5.74) is 1.17. The Morgan fingerprint density at radius 2 is 1.95 bits per heavy atom. The lowest BCUT2D eigenvalue weighted by Gasteiger charge is -2.06. The Balaban J connectivity index is 2.28. The number of rotatable bonds is 3. The molecule has 0 atom stereocenters. The Kier molecular flexibility index (Phi) is 5.83. The van der Waals surface area contributed by atoms with Gasteiger partial charge >= 0.3 is 0 Å². The van der Waals surface area contributed by atoms with E-state index in [-0.39, 0.29) is 5.57 Å². The number of para-hydroxylation sites is 1. The van der Waals surface area contributed by atoms with Gasteiger partial charge in [0.15, 0.2) is 0 Å². The lowest BCUT2D eigenvalue weighted by Crippen LogP contribution is -2.14. The Hall–Kier alpha value is -1.55. The number of carbonyl (C=O) groups is 1. The van der Waals surface area contributed by atoms with Crippen LogP contribution in [0.3, 0.4) is 0 Å². The first-order chi connectivity index (χ1) is 10.5. The van der Waals surface area contributed by atoms with Crippen molar-refractivity contribution in [3.05, 3.63) is 67.2 Å². The summed E-state index contributed by atoms with van der Waals surface area (Å²) in [5, 5.41) is 12.8. The fourth-order valence-electron chi connectivity index (χ4n) is 1.67. The molecular weight excluding hydrogens is 434 g/mol. The van der Waals surface area contributed by atoms with Gasteiger partial charge in [0.1, 0.15) is 11.6 Å². The molecule has 1 amide bonds. The van der Waals surface area contributed by atoms with Gasteiger partial charge in [-0.05, 0) is 58.5 Å². The zero-order valence-corrected chi connectivity index (χ0v) is 14.8. The number of nitriles is 1. The van der Waals surface area contributed by atoms with Crippen molar-refractivity contribution in [3.63, 3.8) is 0 Å². The van der Waals surface area contributed by atoms with Gasteiger partial charge in [-0.25, -0.2) is 0 Å². The number of hydrogen-bond acceptors (Lipinski definition) is 2. The molecule has 0 bridgehead atoms. The Bertz CT molecular complexity index is 797. The molecule has 0 spiro atoms. The smallest absolute Gasteiger partial charge is 0.266 e. The van der Waals surface area contributed by atoms with E-state index in [0.717, 1.165) is 3.57 Å². The van der Waals surface area contributed by atoms with Crippen molar-refractivity contribution >= 4 is 63.5 Å². The van der Waals surface area contributed by atoms with E-state index in [9.17, 15) is 10.1 Å². The Morgan fingerprint density at radius 3 is 2.59 bits per heavy atom. The third-order valence-electron chi connectivity index (χ3n) is 2.75. The van der Waals surface area contributed by atoms with Gasteiger partial charge in [-0.1, -0.05) is 41.4 Å². The average molecular weight is 443 g/mol. The summed E-state index contributed by atoms with van der Waals surface area (Å²) in [4.78, 5) is 12.2. The largest absolute Gasteiger partial charge is 0.320 e. The van der Waals surface area contributed by atoms with Crippen LogP contribution in [0.2, 0.25) is 10.0 Å². The molecule has 0 unspecified atom stereocenters. The molecule has 6 heteroatoms. The van der Waals surface area contributed by atoms with E-state index >= 15 is 0 Å². The second kappa shape index (κ2) is 7.63. The summed E-state index contributed by atoms with van der Waals surface area (Å²) < 4.78 is 0.885. The maximum atomic E-state index is 12.2. The first-order valence-electron chi connectivity index (χ1n) is 6.14. The molecule has 0 radical (unpaired) electrons. The predicted molar refractivity (Wildman–Crippen MR) is 97.8 cm³/mol. The molecule has 3 nitrogen and oxygen atoms in total. The van der Waals surface area contributed by atoms with Crippen LogP contribution < -0.4 is 5.32 Å². The fourth-order valence-corrected chi connectivity index (χ4v) is 2.66. The maximum absolute atomic E-state index is 12.2. The van der Waals surface area contributed by atoms with E-state index < -0.39 is 5.91 Å². The zero-order chi connectivity index (χ0) is 16.1. The van der Waals surface area contributed by atoms with Crippen LogP contribution in [0.15, 0.2) is 48.0 Å². The number of nitrogens with zero attached hydrogens (tertiary/aromatic N) is 1. The van der Waals surface area contributed by atoms with Crippen molar-refractivity contribution in [3.8, 4) is 6.07 Å². The van der Waals surface area contributed by atoms with Crippen molar-refractivity contribution in [1.82, 2.24) is 0 Å². The molecule has 0 aliphatic carbocycles. The van der Waals surface area contributed by atoms with Gasteiger partial charge in [0, 0.05) is 13.6 Å². The van der Waals surface area contributed by atoms with E-state index in [0.29, 0.717) is 21.3 Å². The SMILES string of the molecule is N#C/C(=C/c1ccc(Cl)cc1Cl)C(=O)Nc1ccccc1I. The highest BCUT2D eigenvalue weighted by molar-refractivity contribution is 14.1. The number of hydrogen-bond donors (Lipinski definition) is 1. The topological polar surface area (TPSA) is 52.9 Å². The molecule has 0 saturated heterocycles. The summed E-state index contributed by atoms with van der Waals surface area (Å²) in [5.74, 6) is -0.488. The standard InChI is InChI=1S/C16H9Cl2IN2O/c17-12-6-5-10(13(18)8-12)7-11(9-20)16(22)21-15-4-2-1-3-14(15)19/h1-8H,(H,21,22)/b11-7-. The highest BCUT2D eigenvalue weighted by atomic mass is 127. The molecule has 22 heavy (non-hydrogen) atoms. The minimum atomic E-state index is -0.488. The van der Waals surface area contributed by atoms with Crippen molar-refractivity contribution in [2.24, 2.45) is 0 Å². The van der Waals surface area contributed by atoms with E-state index in [4.69, 9.17) is 23.2 Å². The number of nitrogens with one attached hydrogen (secondary N) is 1. The summed E-state index contributed by atoms with van der Waals surface area (Å²) in [7, 11) is 0. The lowest BCUT2D eigenvalue weighted by atomic mass is 10.1. The van der Waals surface area contributed by atoms with E-state index in [1.165, 1.54) is 6.08 Å². The highest BCUT2D eigenvalue weighted by Crippen LogP contribution is 2.24. The molecule has 0 aliphatic rings. The first-order valence-corrected chi connectivity index (χ1v) is 7.97. The van der Waals surface area contributed by atoms with Crippen LogP contribution in [-0.2, 0) is 4.79 Å².